The molecule has 0 spiro atoms. The average Bonchev–Trinajstić information content (AvgIpc) is 2.33. The summed E-state index contributed by atoms with van der Waals surface area (Å²) < 4.78 is 1.92. The maximum atomic E-state index is 12.1. The van der Waals surface area contributed by atoms with Crippen molar-refractivity contribution < 1.29 is 4.79 Å². The lowest BCUT2D eigenvalue weighted by Gasteiger charge is -2.23. The number of carbonyl (C=O) groups is 1. The number of nitrogens with one attached hydrogen (secondary N) is 2. The van der Waals surface area contributed by atoms with E-state index in [0.717, 1.165) is 39.5 Å². The van der Waals surface area contributed by atoms with Gasteiger partial charge >= 0.3 is 0 Å². The van der Waals surface area contributed by atoms with E-state index in [4.69, 9.17) is 0 Å². The molecule has 0 radical (unpaired) electrons. The van der Waals surface area contributed by atoms with Crippen molar-refractivity contribution in [2.75, 3.05) is 13.1 Å². The number of hydrogen-bond acceptors (Lipinski definition) is 2. The molecule has 1 saturated heterocycles. The minimum atomic E-state index is 0.0160. The minimum absolute atomic E-state index is 0.0160. The molecule has 0 aromatic heterocycles. The summed E-state index contributed by atoms with van der Waals surface area (Å²) in [4.78, 5) is 12.1. The summed E-state index contributed by atoms with van der Waals surface area (Å²) in [6, 6.07) is 6.10. The first-order valence-electron chi connectivity index (χ1n) is 5.63. The lowest BCUT2D eigenvalue weighted by molar-refractivity contribution is 0.0928. The van der Waals surface area contributed by atoms with Gasteiger partial charge in [0.1, 0.15) is 0 Å². The van der Waals surface area contributed by atoms with E-state index in [-0.39, 0.29) is 5.91 Å². The number of benzene rings is 1. The van der Waals surface area contributed by atoms with Crippen molar-refractivity contribution in [2.45, 2.75) is 18.9 Å². The Labute approximate surface area is 123 Å². The zero-order valence-electron chi connectivity index (χ0n) is 9.30. The van der Waals surface area contributed by atoms with Crippen molar-refractivity contribution in [1.29, 1.82) is 0 Å². The number of amides is 1. The zero-order valence-corrected chi connectivity index (χ0v) is 13.0. The van der Waals surface area contributed by atoms with Gasteiger partial charge in [0, 0.05) is 14.1 Å². The molecule has 0 atom stereocenters. The molecule has 17 heavy (non-hydrogen) atoms. The summed E-state index contributed by atoms with van der Waals surface area (Å²) in [5, 5.41) is 6.38. The fourth-order valence-electron chi connectivity index (χ4n) is 1.90. The number of carbonyl (C=O) groups excluding carboxylic acids is 1. The Morgan fingerprint density at radius 3 is 2.82 bits per heavy atom. The van der Waals surface area contributed by atoms with Crippen molar-refractivity contribution in [1.82, 2.24) is 10.6 Å². The number of hydrogen-bond donors (Lipinski definition) is 2. The Morgan fingerprint density at radius 1 is 1.41 bits per heavy atom. The van der Waals surface area contributed by atoms with Crippen LogP contribution in [0.25, 0.3) is 0 Å². The number of piperidine rings is 1. The fraction of sp³-hybridized carbons (Fsp3) is 0.417. The van der Waals surface area contributed by atoms with E-state index in [1.54, 1.807) is 0 Å². The molecular weight excluding hydrogens is 395 g/mol. The molecule has 1 aliphatic heterocycles. The van der Waals surface area contributed by atoms with Crippen LogP contribution in [0.4, 0.5) is 0 Å². The summed E-state index contributed by atoms with van der Waals surface area (Å²) in [5.41, 5.74) is 0.718. The van der Waals surface area contributed by atoms with Crippen molar-refractivity contribution in [2.24, 2.45) is 0 Å². The second-order valence-electron chi connectivity index (χ2n) is 4.12. The minimum Gasteiger partial charge on any atom is -0.349 e. The van der Waals surface area contributed by atoms with Crippen LogP contribution in [0.3, 0.4) is 0 Å². The average molecular weight is 409 g/mol. The van der Waals surface area contributed by atoms with Gasteiger partial charge in [-0.2, -0.15) is 0 Å². The van der Waals surface area contributed by atoms with E-state index in [1.807, 2.05) is 18.2 Å². The van der Waals surface area contributed by atoms with Crippen molar-refractivity contribution in [3.05, 3.63) is 31.8 Å². The number of rotatable bonds is 2. The third-order valence-electron chi connectivity index (χ3n) is 2.85. The molecule has 0 unspecified atom stereocenters. The Hall–Kier alpha value is -0.140. The molecule has 1 heterocycles. The van der Waals surface area contributed by atoms with Gasteiger partial charge in [-0.05, 0) is 82.7 Å². The van der Waals surface area contributed by atoms with Crippen LogP contribution < -0.4 is 10.6 Å². The van der Waals surface area contributed by atoms with E-state index in [1.165, 1.54) is 0 Å². The standard InChI is InChI=1S/C12H14BrIN2O/c13-11-2-1-8(14)7-10(11)12(17)16-9-3-5-15-6-4-9/h1-2,7,9,15H,3-6H2,(H,16,17). The van der Waals surface area contributed by atoms with Gasteiger partial charge in [-0.15, -0.1) is 0 Å². The molecule has 2 N–H and O–H groups in total. The molecule has 1 aromatic carbocycles. The van der Waals surface area contributed by atoms with Crippen LogP contribution in [-0.2, 0) is 0 Å². The predicted octanol–water partition coefficient (Wildman–Crippen LogP) is 2.54. The van der Waals surface area contributed by atoms with E-state index >= 15 is 0 Å². The van der Waals surface area contributed by atoms with Gasteiger partial charge in [-0.3, -0.25) is 4.79 Å². The van der Waals surface area contributed by atoms with Crippen molar-refractivity contribution in [3.63, 3.8) is 0 Å². The smallest absolute Gasteiger partial charge is 0.252 e. The van der Waals surface area contributed by atoms with Gasteiger partial charge in [0.15, 0.2) is 0 Å². The summed E-state index contributed by atoms with van der Waals surface area (Å²) in [7, 11) is 0. The van der Waals surface area contributed by atoms with Gasteiger partial charge in [0.05, 0.1) is 5.56 Å². The molecule has 1 aromatic rings. The highest BCUT2D eigenvalue weighted by Gasteiger charge is 2.17. The van der Waals surface area contributed by atoms with Crippen LogP contribution in [0.15, 0.2) is 22.7 Å². The molecule has 1 aliphatic rings. The van der Waals surface area contributed by atoms with Gasteiger partial charge < -0.3 is 10.6 Å². The van der Waals surface area contributed by atoms with Gasteiger partial charge in [-0.1, -0.05) is 0 Å². The van der Waals surface area contributed by atoms with Crippen LogP contribution >= 0.6 is 38.5 Å². The van der Waals surface area contributed by atoms with Crippen molar-refractivity contribution >= 4 is 44.4 Å². The summed E-state index contributed by atoms with van der Waals surface area (Å²) in [6.45, 7) is 1.97. The third kappa shape index (κ3) is 3.66. The third-order valence-corrected chi connectivity index (χ3v) is 4.21. The summed E-state index contributed by atoms with van der Waals surface area (Å²) in [6.07, 6.45) is 2.01. The van der Waals surface area contributed by atoms with E-state index in [0.29, 0.717) is 6.04 Å². The first kappa shape index (κ1) is 13.3. The van der Waals surface area contributed by atoms with Crippen LogP contribution in [0.1, 0.15) is 23.2 Å². The molecule has 0 bridgehead atoms. The first-order chi connectivity index (χ1) is 8.16. The lowest BCUT2D eigenvalue weighted by atomic mass is 10.1. The normalized spacial score (nSPS) is 16.8. The lowest BCUT2D eigenvalue weighted by Crippen LogP contribution is -2.42. The highest BCUT2D eigenvalue weighted by Crippen LogP contribution is 2.19. The molecule has 2 rings (SSSR count). The predicted molar refractivity (Wildman–Crippen MR) is 80.2 cm³/mol. The van der Waals surface area contributed by atoms with E-state index < -0.39 is 0 Å². The van der Waals surface area contributed by atoms with Crippen LogP contribution in [0.5, 0.6) is 0 Å². The largest absolute Gasteiger partial charge is 0.349 e. The maximum Gasteiger partial charge on any atom is 0.252 e. The highest BCUT2D eigenvalue weighted by molar-refractivity contribution is 14.1. The molecule has 3 nitrogen and oxygen atoms in total. The Balaban J connectivity index is 2.05. The maximum absolute atomic E-state index is 12.1. The first-order valence-corrected chi connectivity index (χ1v) is 7.50. The second kappa shape index (κ2) is 6.15. The summed E-state index contributed by atoms with van der Waals surface area (Å²) >= 11 is 5.63. The molecule has 0 aliphatic carbocycles. The SMILES string of the molecule is O=C(NC1CCNCC1)c1cc(I)ccc1Br. The molecule has 1 fully saturated rings. The zero-order chi connectivity index (χ0) is 12.3. The second-order valence-corrected chi connectivity index (χ2v) is 6.22. The Morgan fingerprint density at radius 2 is 2.12 bits per heavy atom. The Bertz CT molecular complexity index is 419. The van der Waals surface area contributed by atoms with Crippen molar-refractivity contribution in [3.8, 4) is 0 Å². The van der Waals surface area contributed by atoms with Crippen LogP contribution in [0.2, 0.25) is 0 Å². The topological polar surface area (TPSA) is 41.1 Å². The van der Waals surface area contributed by atoms with Gasteiger partial charge in [0.25, 0.3) is 5.91 Å². The van der Waals surface area contributed by atoms with Crippen LogP contribution in [-0.4, -0.2) is 25.0 Å². The Kier molecular flexibility index (Phi) is 4.81. The van der Waals surface area contributed by atoms with Gasteiger partial charge in [-0.25, -0.2) is 0 Å². The number of halogens is 2. The molecule has 92 valence electrons. The molecular formula is C12H14BrIN2O. The van der Waals surface area contributed by atoms with E-state index in [2.05, 4.69) is 49.2 Å². The van der Waals surface area contributed by atoms with Gasteiger partial charge in [0.2, 0.25) is 0 Å². The van der Waals surface area contributed by atoms with Crippen LogP contribution in [0, 0.1) is 3.57 Å². The highest BCUT2D eigenvalue weighted by atomic mass is 127. The molecule has 1 amide bonds. The fourth-order valence-corrected chi connectivity index (χ4v) is 2.82. The quantitative estimate of drug-likeness (QED) is 0.738. The summed E-state index contributed by atoms with van der Waals surface area (Å²) in [5.74, 6) is 0.0160. The van der Waals surface area contributed by atoms with E-state index in [9.17, 15) is 4.79 Å². The monoisotopic (exact) mass is 408 g/mol. The molecule has 0 saturated carbocycles. The molecule has 5 heteroatoms.